The maximum Gasteiger partial charge on any atom is 0.295 e. The predicted molar refractivity (Wildman–Crippen MR) is 574 cm³/mol. The van der Waals surface area contributed by atoms with Crippen LogP contribution >= 0.6 is 0 Å². The minimum Gasteiger partial charge on any atom is -0.225 e. The molecule has 4 aromatic heterocycles. The van der Waals surface area contributed by atoms with Crippen molar-refractivity contribution in [2.75, 3.05) is 0 Å². The quantitative estimate of drug-likeness (QED) is 0.0768. The molecule has 16 aromatic carbocycles. The SMILES string of the molecule is Cc1ccc(-c2ccc3c(c2)n(C)c(-c2ccccc2C)[n+]3-c2c(C(C)C)cccc2C(C)C)cc1.Cc1ccc(-c2ccc3c(c2)n(C)c(-c2ccccc2C)[n+]3-c2ccccc2C(C)C)cc1.Cc1ccccc1-c1n(-c2c(C(C)C)cccc2C(C)C)c2cc(-c3ccc(F)cc3)ccc2[n+]1C.Cc1ccccc1-c1n(-c2ccccc2C(C)C)c2cc(-c3ccc(F)cc3)ccc2[n+]1C. The summed E-state index contributed by atoms with van der Waals surface area (Å²) in [5.41, 5.74) is 44.3. The normalized spacial score (nSPS) is 11.6. The molecule has 0 aliphatic heterocycles. The molecule has 692 valence electrons. The first-order valence-corrected chi connectivity index (χ1v) is 49.0. The number of rotatable bonds is 18. The van der Waals surface area contributed by atoms with Crippen molar-refractivity contribution in [1.82, 2.24) is 18.3 Å². The zero-order valence-electron chi connectivity index (χ0n) is 84.3. The Morgan fingerprint density at radius 3 is 0.906 bits per heavy atom. The van der Waals surface area contributed by atoms with Crippen LogP contribution in [0.1, 0.15) is 185 Å². The first-order chi connectivity index (χ1) is 66.5. The summed E-state index contributed by atoms with van der Waals surface area (Å²) in [6.07, 6.45) is 0. The fourth-order valence-corrected chi connectivity index (χ4v) is 20.3. The Morgan fingerprint density at radius 2 is 0.522 bits per heavy atom. The fraction of sp³-hybridized carbons (Fsp3) is 0.219. The van der Waals surface area contributed by atoms with Crippen molar-refractivity contribution in [2.45, 2.75) is 160 Å². The molecule has 20 rings (SSSR count). The standard InChI is InChI=1S/C34H37N2.C33H34FN2.C31H31N2.C30H28FN2/c1-22(2)28-13-10-14-29(23(3)4)33(28)36-31-20-19-27(26-17-15-24(5)16-18-26)21-32(31)35(7)34(36)30-12-9-8-11-25(30)6;1-21(2)27-12-9-13-28(22(3)4)32(27)36-31-20-25(24-14-17-26(34)18-15-24)16-19-30(31)35(6)33(36)29-11-8-7-10-23(29)5;1-21(2)26-11-8-9-13-28(26)33-29-19-18-25(24-16-14-22(3)15-17-24)20-30(29)32(5)31(33)27-12-7-6-10-23(27)4;1-20(2)25-10-7-8-12-27(25)33-29-19-23(22-13-16-24(31)17-14-22)15-18-28(29)32(4)30(33)26-11-6-5-9-21(26)3/h8-23H,1-7H3;7-22H,1-6H3;6-21H,1-5H3;5-20H,1-4H3/q4*+1. The van der Waals surface area contributed by atoms with Crippen molar-refractivity contribution < 1.29 is 27.0 Å². The molecule has 0 aliphatic rings. The molecule has 4 heterocycles. The molecular formula is C128H130F2N8+4. The highest BCUT2D eigenvalue weighted by atomic mass is 19.1. The van der Waals surface area contributed by atoms with E-state index >= 15 is 0 Å². The molecule has 0 unspecified atom stereocenters. The second-order valence-electron chi connectivity index (χ2n) is 39.3. The van der Waals surface area contributed by atoms with E-state index in [9.17, 15) is 8.78 Å². The topological polar surface area (TPSA) is 35.2 Å². The number of halogens is 2. The lowest BCUT2D eigenvalue weighted by Gasteiger charge is -2.18. The summed E-state index contributed by atoms with van der Waals surface area (Å²) in [6.45, 7) is 40.3. The van der Waals surface area contributed by atoms with Crippen molar-refractivity contribution in [3.63, 3.8) is 0 Å². The molecule has 0 bridgehead atoms. The second kappa shape index (κ2) is 40.3. The van der Waals surface area contributed by atoms with E-state index in [1.807, 2.05) is 24.3 Å². The van der Waals surface area contributed by atoms with Gasteiger partial charge in [0.25, 0.3) is 23.3 Å². The molecule has 20 aromatic rings. The van der Waals surface area contributed by atoms with E-state index in [0.717, 1.165) is 56.0 Å². The van der Waals surface area contributed by atoms with Gasteiger partial charge in [0, 0.05) is 33.4 Å². The lowest BCUT2D eigenvalue weighted by Crippen LogP contribution is -2.36. The molecule has 0 amide bonds. The third kappa shape index (κ3) is 18.6. The average Bonchev–Trinajstić information content (AvgIpc) is 1.57. The van der Waals surface area contributed by atoms with Gasteiger partial charge in [0.15, 0.2) is 44.1 Å². The van der Waals surface area contributed by atoms with Crippen LogP contribution in [-0.2, 0) is 28.2 Å². The Labute approximate surface area is 815 Å². The van der Waals surface area contributed by atoms with Crippen LogP contribution in [0, 0.1) is 53.2 Å². The smallest absolute Gasteiger partial charge is 0.225 e. The van der Waals surface area contributed by atoms with E-state index in [1.54, 1.807) is 0 Å². The van der Waals surface area contributed by atoms with Gasteiger partial charge in [-0.1, -0.05) is 313 Å². The van der Waals surface area contributed by atoms with Crippen LogP contribution < -0.4 is 18.3 Å². The highest BCUT2D eigenvalue weighted by molar-refractivity contribution is 5.90. The molecule has 138 heavy (non-hydrogen) atoms. The third-order valence-corrected chi connectivity index (χ3v) is 27.8. The molecule has 0 aliphatic carbocycles. The van der Waals surface area contributed by atoms with Gasteiger partial charge in [-0.25, -0.2) is 27.0 Å². The molecule has 0 saturated carbocycles. The van der Waals surface area contributed by atoms with Crippen molar-refractivity contribution in [1.29, 1.82) is 0 Å². The van der Waals surface area contributed by atoms with Gasteiger partial charge in [0.2, 0.25) is 0 Å². The molecule has 0 saturated heterocycles. The number of hydrogen-bond donors (Lipinski definition) is 0. The molecule has 8 nitrogen and oxygen atoms in total. The average molecular weight is 1820 g/mol. The summed E-state index contributed by atoms with van der Waals surface area (Å²) >= 11 is 0. The minimum absolute atomic E-state index is 0.219. The second-order valence-corrected chi connectivity index (χ2v) is 39.3. The van der Waals surface area contributed by atoms with Gasteiger partial charge in [-0.3, -0.25) is 0 Å². The largest absolute Gasteiger partial charge is 0.295 e. The Balaban J connectivity index is 0.000000127. The van der Waals surface area contributed by atoms with Gasteiger partial charge in [-0.2, -0.15) is 18.3 Å². The van der Waals surface area contributed by atoms with Gasteiger partial charge in [0.1, 0.15) is 34.4 Å². The van der Waals surface area contributed by atoms with Crippen LogP contribution in [0.3, 0.4) is 0 Å². The molecule has 0 radical (unpaired) electrons. The number of benzene rings is 16. The summed E-state index contributed by atoms with van der Waals surface area (Å²) in [5.74, 6) is 6.67. The molecular weight excluding hydrogens is 1690 g/mol. The zero-order valence-corrected chi connectivity index (χ0v) is 84.3. The van der Waals surface area contributed by atoms with E-state index in [1.165, 1.54) is 192 Å². The highest BCUT2D eigenvalue weighted by Crippen LogP contribution is 2.43. The van der Waals surface area contributed by atoms with E-state index in [0.29, 0.717) is 35.5 Å². The third-order valence-electron chi connectivity index (χ3n) is 27.8. The fourth-order valence-electron chi connectivity index (χ4n) is 20.3. The van der Waals surface area contributed by atoms with E-state index in [-0.39, 0.29) is 11.6 Å². The first-order valence-electron chi connectivity index (χ1n) is 49.0. The number of fused-ring (bicyclic) bond motifs is 4. The number of aryl methyl sites for hydroxylation is 10. The molecule has 10 heteroatoms. The molecule has 0 N–H and O–H groups in total. The predicted octanol–water partition coefficient (Wildman–Crippen LogP) is 32.0. The van der Waals surface area contributed by atoms with Gasteiger partial charge in [-0.05, 0) is 277 Å². The van der Waals surface area contributed by atoms with Crippen LogP contribution in [0.25, 0.3) is 157 Å². The number of para-hydroxylation sites is 4. The Bertz CT molecular complexity index is 7740. The van der Waals surface area contributed by atoms with Crippen LogP contribution in [0.15, 0.2) is 352 Å². The number of imidazole rings is 4. The van der Waals surface area contributed by atoms with Crippen molar-refractivity contribution in [2.24, 2.45) is 28.2 Å². The van der Waals surface area contributed by atoms with Crippen molar-refractivity contribution in [3.8, 4) is 113 Å². The number of aromatic nitrogens is 8. The molecule has 0 atom stereocenters. The van der Waals surface area contributed by atoms with Crippen LogP contribution in [0.4, 0.5) is 8.78 Å². The Hall–Kier alpha value is -14.7. The summed E-state index contributed by atoms with van der Waals surface area (Å²) in [6, 6.07) is 124. The van der Waals surface area contributed by atoms with Crippen LogP contribution in [0.2, 0.25) is 0 Å². The van der Waals surface area contributed by atoms with Gasteiger partial charge < -0.3 is 0 Å². The minimum atomic E-state index is -0.220. The van der Waals surface area contributed by atoms with E-state index in [2.05, 4.69) is 493 Å². The van der Waals surface area contributed by atoms with Crippen LogP contribution in [0.5, 0.6) is 0 Å². The summed E-state index contributed by atoms with van der Waals surface area (Å²) in [7, 11) is 8.70. The highest BCUT2D eigenvalue weighted by Gasteiger charge is 2.37. The Morgan fingerprint density at radius 1 is 0.239 bits per heavy atom. The van der Waals surface area contributed by atoms with Crippen molar-refractivity contribution >= 4 is 44.1 Å². The number of hydrogen-bond acceptors (Lipinski definition) is 0. The van der Waals surface area contributed by atoms with Crippen molar-refractivity contribution in [3.05, 3.63) is 430 Å². The Kier molecular flexibility index (Phi) is 27.7. The van der Waals surface area contributed by atoms with Gasteiger partial charge in [-0.15, -0.1) is 0 Å². The number of nitrogens with zero attached hydrogens (tertiary/aromatic N) is 8. The first kappa shape index (κ1) is 95.0. The van der Waals surface area contributed by atoms with E-state index in [4.69, 9.17) is 0 Å². The monoisotopic (exact) mass is 1820 g/mol. The lowest BCUT2D eigenvalue weighted by atomic mass is 9.92. The zero-order chi connectivity index (χ0) is 97.3. The van der Waals surface area contributed by atoms with Gasteiger partial charge in [0.05, 0.1) is 50.4 Å². The summed E-state index contributed by atoms with van der Waals surface area (Å²) < 4.78 is 46.4. The van der Waals surface area contributed by atoms with E-state index < -0.39 is 0 Å². The van der Waals surface area contributed by atoms with Crippen LogP contribution in [-0.4, -0.2) is 18.3 Å². The molecule has 0 fully saturated rings. The summed E-state index contributed by atoms with van der Waals surface area (Å²) in [5, 5.41) is 0. The maximum atomic E-state index is 13.7. The lowest BCUT2D eigenvalue weighted by molar-refractivity contribution is -0.634. The van der Waals surface area contributed by atoms with Gasteiger partial charge >= 0.3 is 0 Å². The molecule has 0 spiro atoms. The summed E-state index contributed by atoms with van der Waals surface area (Å²) in [4.78, 5) is 0. The maximum absolute atomic E-state index is 13.7.